The molecule has 1 aliphatic carbocycles. The summed E-state index contributed by atoms with van der Waals surface area (Å²) in [6, 6.07) is 0.572. The molecule has 1 N–H and O–H groups in total. The van der Waals surface area contributed by atoms with Gasteiger partial charge in [0, 0.05) is 25.7 Å². The molecule has 2 aliphatic rings. The molecule has 18 heavy (non-hydrogen) atoms. The normalized spacial score (nSPS) is 27.1. The van der Waals surface area contributed by atoms with Crippen LogP contribution in [-0.4, -0.2) is 43.6 Å². The highest BCUT2D eigenvalue weighted by Crippen LogP contribution is 2.31. The second-order valence-electron chi connectivity index (χ2n) is 6.60. The van der Waals surface area contributed by atoms with Gasteiger partial charge in [0.2, 0.25) is 10.0 Å². The van der Waals surface area contributed by atoms with Crippen LogP contribution in [0.1, 0.15) is 46.5 Å². The number of hydrogen-bond donors (Lipinski definition) is 1. The summed E-state index contributed by atoms with van der Waals surface area (Å²) in [6.45, 7) is 8.22. The molecule has 106 valence electrons. The van der Waals surface area contributed by atoms with Crippen LogP contribution in [0.15, 0.2) is 0 Å². The zero-order chi connectivity index (χ0) is 13.4. The highest BCUT2D eigenvalue weighted by molar-refractivity contribution is 7.89. The van der Waals surface area contributed by atoms with Crippen molar-refractivity contribution in [2.45, 2.75) is 57.7 Å². The van der Waals surface area contributed by atoms with Gasteiger partial charge in [0.15, 0.2) is 0 Å². The zero-order valence-corrected chi connectivity index (χ0v) is 12.6. The Morgan fingerprint density at radius 2 is 1.83 bits per heavy atom. The van der Waals surface area contributed by atoms with Gasteiger partial charge in [-0.3, -0.25) is 0 Å². The van der Waals surface area contributed by atoms with E-state index in [0.29, 0.717) is 31.1 Å². The lowest BCUT2D eigenvalue weighted by molar-refractivity contribution is 0.195. The highest BCUT2D eigenvalue weighted by atomic mass is 32.2. The lowest BCUT2D eigenvalue weighted by atomic mass is 9.83. The zero-order valence-electron chi connectivity index (χ0n) is 11.8. The van der Waals surface area contributed by atoms with Crippen molar-refractivity contribution in [2.24, 2.45) is 5.41 Å². The maximum absolute atomic E-state index is 12.4. The van der Waals surface area contributed by atoms with E-state index in [1.54, 1.807) is 4.31 Å². The quantitative estimate of drug-likeness (QED) is 0.828. The molecule has 1 heterocycles. The average molecular weight is 274 g/mol. The number of nitrogens with one attached hydrogen (secondary N) is 1. The number of sulfonamides is 1. The molecule has 1 unspecified atom stereocenters. The number of piperidine rings is 1. The fourth-order valence-electron chi connectivity index (χ4n) is 2.33. The lowest BCUT2D eigenvalue weighted by Crippen LogP contribution is -2.47. The predicted octanol–water partition coefficient (Wildman–Crippen LogP) is 1.58. The molecule has 1 aliphatic heterocycles. The van der Waals surface area contributed by atoms with Gasteiger partial charge >= 0.3 is 0 Å². The first-order chi connectivity index (χ1) is 8.31. The van der Waals surface area contributed by atoms with Crippen LogP contribution in [0, 0.1) is 5.41 Å². The van der Waals surface area contributed by atoms with Crippen LogP contribution in [-0.2, 0) is 10.0 Å². The summed E-state index contributed by atoms with van der Waals surface area (Å²) in [7, 11) is -3.11. The molecule has 2 fully saturated rings. The minimum Gasteiger partial charge on any atom is -0.313 e. The molecule has 2 rings (SSSR count). The Balaban J connectivity index is 1.89. The largest absolute Gasteiger partial charge is 0.313 e. The molecule has 1 saturated carbocycles. The van der Waals surface area contributed by atoms with Crippen molar-refractivity contribution in [3.05, 3.63) is 0 Å². The molecule has 0 amide bonds. The first kappa shape index (κ1) is 14.3. The third-order valence-corrected chi connectivity index (χ3v) is 6.48. The predicted molar refractivity (Wildman–Crippen MR) is 74.0 cm³/mol. The molecule has 0 radical (unpaired) electrons. The summed E-state index contributed by atoms with van der Waals surface area (Å²) < 4.78 is 26.5. The minimum atomic E-state index is -3.11. The number of nitrogens with zero attached hydrogens (tertiary/aromatic N) is 1. The van der Waals surface area contributed by atoms with Gasteiger partial charge in [0.1, 0.15) is 0 Å². The third-order valence-electron chi connectivity index (χ3n) is 4.22. The van der Waals surface area contributed by atoms with Crippen molar-refractivity contribution in [3.8, 4) is 0 Å². The lowest BCUT2D eigenvalue weighted by Gasteiger charge is -2.37. The molecule has 0 bridgehead atoms. The van der Waals surface area contributed by atoms with E-state index < -0.39 is 10.0 Å². The van der Waals surface area contributed by atoms with Crippen LogP contribution in [0.25, 0.3) is 0 Å². The van der Waals surface area contributed by atoms with Gasteiger partial charge in [-0.2, -0.15) is 0 Å². The Labute approximate surface area is 111 Å². The fraction of sp³-hybridized carbons (Fsp3) is 1.00. The van der Waals surface area contributed by atoms with Gasteiger partial charge < -0.3 is 5.32 Å². The Morgan fingerprint density at radius 1 is 1.28 bits per heavy atom. The Bertz CT molecular complexity index is 378. The van der Waals surface area contributed by atoms with E-state index in [2.05, 4.69) is 19.2 Å². The molecule has 0 aromatic heterocycles. The second-order valence-corrected chi connectivity index (χ2v) is 8.95. The van der Waals surface area contributed by atoms with Crippen LogP contribution >= 0.6 is 0 Å². The standard InChI is InChI=1S/C13H26N2O2S/c1-11(10-14-12-4-5-12)18(16,17)15-8-6-13(2,3)7-9-15/h11-12,14H,4-10H2,1-3H3. The first-order valence-corrected chi connectivity index (χ1v) is 8.54. The molecule has 0 aromatic carbocycles. The maximum Gasteiger partial charge on any atom is 0.217 e. The van der Waals surface area contributed by atoms with Gasteiger partial charge in [-0.15, -0.1) is 0 Å². The average Bonchev–Trinajstić information content (AvgIpc) is 3.09. The van der Waals surface area contributed by atoms with Crippen LogP contribution in [0.4, 0.5) is 0 Å². The number of rotatable bonds is 5. The van der Waals surface area contributed by atoms with Gasteiger partial charge in [-0.05, 0) is 38.0 Å². The molecular formula is C13H26N2O2S. The summed E-state index contributed by atoms with van der Waals surface area (Å²) >= 11 is 0. The monoisotopic (exact) mass is 274 g/mol. The second kappa shape index (κ2) is 5.10. The van der Waals surface area contributed by atoms with E-state index in [1.165, 1.54) is 12.8 Å². The van der Waals surface area contributed by atoms with Gasteiger partial charge in [0.05, 0.1) is 5.25 Å². The van der Waals surface area contributed by atoms with Gasteiger partial charge in [0.25, 0.3) is 0 Å². The van der Waals surface area contributed by atoms with Crippen molar-refractivity contribution in [3.63, 3.8) is 0 Å². The smallest absolute Gasteiger partial charge is 0.217 e. The first-order valence-electron chi connectivity index (χ1n) is 7.04. The molecular weight excluding hydrogens is 248 g/mol. The van der Waals surface area contributed by atoms with Gasteiger partial charge in [-0.25, -0.2) is 12.7 Å². The van der Waals surface area contributed by atoms with E-state index in [0.717, 1.165) is 12.8 Å². The Morgan fingerprint density at radius 3 is 2.33 bits per heavy atom. The molecule has 1 saturated heterocycles. The van der Waals surface area contributed by atoms with E-state index >= 15 is 0 Å². The van der Waals surface area contributed by atoms with Crippen molar-refractivity contribution < 1.29 is 8.42 Å². The fourth-order valence-corrected chi connectivity index (χ4v) is 3.83. The van der Waals surface area contributed by atoms with E-state index in [9.17, 15) is 8.42 Å². The van der Waals surface area contributed by atoms with E-state index in [4.69, 9.17) is 0 Å². The van der Waals surface area contributed by atoms with Crippen molar-refractivity contribution in [1.82, 2.24) is 9.62 Å². The Hall–Kier alpha value is -0.130. The maximum atomic E-state index is 12.4. The molecule has 0 spiro atoms. The van der Waals surface area contributed by atoms with Crippen molar-refractivity contribution >= 4 is 10.0 Å². The number of hydrogen-bond acceptors (Lipinski definition) is 3. The summed E-state index contributed by atoms with van der Waals surface area (Å²) in [5.41, 5.74) is 0.293. The molecule has 1 atom stereocenters. The third kappa shape index (κ3) is 3.45. The van der Waals surface area contributed by atoms with Crippen LogP contribution in [0.3, 0.4) is 0 Å². The van der Waals surface area contributed by atoms with Crippen molar-refractivity contribution in [2.75, 3.05) is 19.6 Å². The molecule has 0 aromatic rings. The van der Waals surface area contributed by atoms with Crippen LogP contribution in [0.5, 0.6) is 0 Å². The highest BCUT2D eigenvalue weighted by Gasteiger charge is 2.35. The van der Waals surface area contributed by atoms with Crippen molar-refractivity contribution in [1.29, 1.82) is 0 Å². The Kier molecular flexibility index (Phi) is 4.04. The topological polar surface area (TPSA) is 49.4 Å². The van der Waals surface area contributed by atoms with E-state index in [-0.39, 0.29) is 5.25 Å². The van der Waals surface area contributed by atoms with Crippen LogP contribution < -0.4 is 5.32 Å². The van der Waals surface area contributed by atoms with E-state index in [1.807, 2.05) is 6.92 Å². The van der Waals surface area contributed by atoms with Gasteiger partial charge in [-0.1, -0.05) is 13.8 Å². The summed E-state index contributed by atoms with van der Waals surface area (Å²) in [5.74, 6) is 0. The summed E-state index contributed by atoms with van der Waals surface area (Å²) in [6.07, 6.45) is 4.33. The minimum absolute atomic E-state index is 0.293. The molecule has 5 heteroatoms. The SMILES string of the molecule is CC(CNC1CC1)S(=O)(=O)N1CCC(C)(C)CC1. The summed E-state index contributed by atoms with van der Waals surface area (Å²) in [5, 5.41) is 3.01. The summed E-state index contributed by atoms with van der Waals surface area (Å²) in [4.78, 5) is 0. The molecule has 4 nitrogen and oxygen atoms in total. The van der Waals surface area contributed by atoms with Crippen LogP contribution in [0.2, 0.25) is 0 Å².